The van der Waals surface area contributed by atoms with Crippen LogP contribution in [-0.2, 0) is 14.1 Å². The molecule has 1 aliphatic rings. The largest absolute Gasteiger partial charge is 0.485 e. The number of aromatic nitrogens is 5. The van der Waals surface area contributed by atoms with E-state index in [0.717, 1.165) is 25.1 Å². The van der Waals surface area contributed by atoms with E-state index in [9.17, 15) is 4.79 Å². The van der Waals surface area contributed by atoms with Crippen molar-refractivity contribution < 1.29 is 9.53 Å². The van der Waals surface area contributed by atoms with Crippen molar-refractivity contribution in [2.24, 2.45) is 14.1 Å². The number of urea groups is 1. The topological polar surface area (TPSA) is 98.9 Å². The Morgan fingerprint density at radius 2 is 2.22 bits per heavy atom. The van der Waals surface area contributed by atoms with E-state index in [4.69, 9.17) is 4.74 Å². The zero-order chi connectivity index (χ0) is 16.4. The van der Waals surface area contributed by atoms with Gasteiger partial charge in [0.15, 0.2) is 5.75 Å². The average Bonchev–Trinajstić information content (AvgIpc) is 3.15. The van der Waals surface area contributed by atoms with E-state index in [-0.39, 0.29) is 18.2 Å². The first-order valence-electron chi connectivity index (χ1n) is 7.62. The predicted octanol–water partition coefficient (Wildman–Crippen LogP) is 0.979. The van der Waals surface area contributed by atoms with Crippen LogP contribution in [0, 0.1) is 6.92 Å². The van der Waals surface area contributed by atoms with Gasteiger partial charge >= 0.3 is 6.03 Å². The molecule has 2 N–H and O–H groups in total. The lowest BCUT2D eigenvalue weighted by atomic mass is 10.2. The van der Waals surface area contributed by atoms with Gasteiger partial charge in [-0.15, -0.1) is 5.10 Å². The molecule has 2 aromatic heterocycles. The molecule has 0 aromatic carbocycles. The lowest BCUT2D eigenvalue weighted by Crippen LogP contribution is -2.44. The molecule has 2 aromatic rings. The summed E-state index contributed by atoms with van der Waals surface area (Å²) in [5, 5.41) is 13.8. The number of nitrogens with zero attached hydrogens (tertiary/aromatic N) is 5. The summed E-state index contributed by atoms with van der Waals surface area (Å²) in [5.41, 5.74) is 0. The second-order valence-corrected chi connectivity index (χ2v) is 5.75. The normalized spacial score (nSPS) is 20.5. The SMILES string of the molecule is Cc1nc(NC(=O)N[C@@H]2CCC[C@@H]2Oc2cnn(C)c2)nn1C. The van der Waals surface area contributed by atoms with Crippen LogP contribution in [0.15, 0.2) is 12.4 Å². The molecule has 23 heavy (non-hydrogen) atoms. The van der Waals surface area contributed by atoms with Crippen molar-refractivity contribution in [1.82, 2.24) is 29.9 Å². The summed E-state index contributed by atoms with van der Waals surface area (Å²) < 4.78 is 9.22. The fourth-order valence-electron chi connectivity index (χ4n) is 2.69. The maximum Gasteiger partial charge on any atom is 0.322 e. The molecule has 3 rings (SSSR count). The van der Waals surface area contributed by atoms with E-state index in [1.807, 2.05) is 20.2 Å². The van der Waals surface area contributed by atoms with Crippen molar-refractivity contribution in [3.63, 3.8) is 0 Å². The van der Waals surface area contributed by atoms with Crippen LogP contribution < -0.4 is 15.4 Å². The molecule has 124 valence electrons. The first-order chi connectivity index (χ1) is 11.0. The standard InChI is InChI=1S/C14H21N7O2/c1-9-16-13(19-21(9)3)18-14(22)17-11-5-4-6-12(11)23-10-7-15-20(2)8-10/h7-8,11-12H,4-6H2,1-3H3,(H2,17,18,19,22)/t11-,12+/m1/s1. The van der Waals surface area contributed by atoms with Gasteiger partial charge in [-0.05, 0) is 26.2 Å². The number of nitrogens with one attached hydrogen (secondary N) is 2. The van der Waals surface area contributed by atoms with Gasteiger partial charge in [0.25, 0.3) is 0 Å². The van der Waals surface area contributed by atoms with Gasteiger partial charge in [-0.3, -0.25) is 14.7 Å². The smallest absolute Gasteiger partial charge is 0.322 e. The van der Waals surface area contributed by atoms with Crippen LogP contribution in [0.1, 0.15) is 25.1 Å². The van der Waals surface area contributed by atoms with Crippen LogP contribution in [-0.4, -0.2) is 42.7 Å². The van der Waals surface area contributed by atoms with Gasteiger partial charge in [0, 0.05) is 14.1 Å². The summed E-state index contributed by atoms with van der Waals surface area (Å²) in [7, 11) is 3.62. The van der Waals surface area contributed by atoms with Gasteiger partial charge in [0.05, 0.1) is 18.4 Å². The minimum Gasteiger partial charge on any atom is -0.485 e. The number of ether oxygens (including phenoxy) is 1. The molecule has 0 unspecified atom stereocenters. The zero-order valence-corrected chi connectivity index (χ0v) is 13.5. The van der Waals surface area contributed by atoms with Gasteiger partial charge in [-0.25, -0.2) is 4.79 Å². The molecule has 2 amide bonds. The monoisotopic (exact) mass is 319 g/mol. The number of amides is 2. The number of carbonyl (C=O) groups excluding carboxylic acids is 1. The summed E-state index contributed by atoms with van der Waals surface area (Å²) in [4.78, 5) is 16.3. The number of rotatable bonds is 4. The average molecular weight is 319 g/mol. The molecule has 0 saturated heterocycles. The van der Waals surface area contributed by atoms with Crippen molar-refractivity contribution in [2.75, 3.05) is 5.32 Å². The molecular weight excluding hydrogens is 298 g/mol. The van der Waals surface area contributed by atoms with E-state index in [1.165, 1.54) is 0 Å². The number of hydrogen-bond acceptors (Lipinski definition) is 5. The van der Waals surface area contributed by atoms with Gasteiger partial charge in [0.1, 0.15) is 11.9 Å². The van der Waals surface area contributed by atoms with Crippen LogP contribution in [0.2, 0.25) is 0 Å². The Kier molecular flexibility index (Phi) is 4.18. The zero-order valence-electron chi connectivity index (χ0n) is 13.5. The van der Waals surface area contributed by atoms with Crippen LogP contribution in [0.25, 0.3) is 0 Å². The Hall–Kier alpha value is -2.58. The number of anilines is 1. The molecule has 9 nitrogen and oxygen atoms in total. The Morgan fingerprint density at radius 1 is 1.39 bits per heavy atom. The highest BCUT2D eigenvalue weighted by molar-refractivity contribution is 5.87. The lowest BCUT2D eigenvalue weighted by Gasteiger charge is -2.21. The van der Waals surface area contributed by atoms with Crippen LogP contribution in [0.4, 0.5) is 10.7 Å². The van der Waals surface area contributed by atoms with Crippen LogP contribution in [0.5, 0.6) is 5.75 Å². The number of carbonyl (C=O) groups is 1. The van der Waals surface area contributed by atoms with Crippen molar-refractivity contribution in [2.45, 2.75) is 38.3 Å². The minimum atomic E-state index is -0.317. The van der Waals surface area contributed by atoms with Gasteiger partial charge in [-0.1, -0.05) is 0 Å². The predicted molar refractivity (Wildman–Crippen MR) is 83.2 cm³/mol. The maximum absolute atomic E-state index is 12.1. The molecule has 0 radical (unpaired) electrons. The Bertz CT molecular complexity index is 674. The Morgan fingerprint density at radius 3 is 2.87 bits per heavy atom. The highest BCUT2D eigenvalue weighted by Crippen LogP contribution is 2.24. The maximum atomic E-state index is 12.1. The molecule has 1 fully saturated rings. The highest BCUT2D eigenvalue weighted by Gasteiger charge is 2.30. The fraction of sp³-hybridized carbons (Fsp3) is 0.571. The third kappa shape index (κ3) is 3.61. The molecule has 2 atom stereocenters. The van der Waals surface area contributed by atoms with Crippen molar-refractivity contribution in [3.05, 3.63) is 18.2 Å². The molecule has 1 aliphatic carbocycles. The fourth-order valence-corrected chi connectivity index (χ4v) is 2.69. The third-order valence-electron chi connectivity index (χ3n) is 3.94. The Balaban J connectivity index is 1.56. The summed E-state index contributed by atoms with van der Waals surface area (Å²) in [6.45, 7) is 1.82. The summed E-state index contributed by atoms with van der Waals surface area (Å²) >= 11 is 0. The third-order valence-corrected chi connectivity index (χ3v) is 3.94. The molecular formula is C14H21N7O2. The number of aryl methyl sites for hydroxylation is 3. The van der Waals surface area contributed by atoms with E-state index < -0.39 is 0 Å². The second-order valence-electron chi connectivity index (χ2n) is 5.75. The molecule has 2 heterocycles. The summed E-state index contributed by atoms with van der Waals surface area (Å²) in [5.74, 6) is 1.75. The van der Waals surface area contributed by atoms with Gasteiger partial charge in [0.2, 0.25) is 5.95 Å². The lowest BCUT2D eigenvalue weighted by molar-refractivity contribution is 0.175. The van der Waals surface area contributed by atoms with Gasteiger partial charge < -0.3 is 10.1 Å². The van der Waals surface area contributed by atoms with Crippen molar-refractivity contribution in [1.29, 1.82) is 0 Å². The van der Waals surface area contributed by atoms with E-state index >= 15 is 0 Å². The highest BCUT2D eigenvalue weighted by atomic mass is 16.5. The Labute approximate surface area is 134 Å². The quantitative estimate of drug-likeness (QED) is 0.875. The molecule has 0 bridgehead atoms. The van der Waals surface area contributed by atoms with Gasteiger partial charge in [-0.2, -0.15) is 10.1 Å². The molecule has 0 aliphatic heterocycles. The first kappa shape index (κ1) is 15.3. The molecule has 0 spiro atoms. The summed E-state index contributed by atoms with van der Waals surface area (Å²) in [6.07, 6.45) is 6.24. The van der Waals surface area contributed by atoms with E-state index in [0.29, 0.717) is 11.7 Å². The summed E-state index contributed by atoms with van der Waals surface area (Å²) in [6, 6.07) is -0.359. The minimum absolute atomic E-state index is 0.0417. The van der Waals surface area contributed by atoms with Crippen molar-refractivity contribution >= 4 is 12.0 Å². The van der Waals surface area contributed by atoms with Crippen LogP contribution >= 0.6 is 0 Å². The second kappa shape index (κ2) is 6.27. The van der Waals surface area contributed by atoms with E-state index in [2.05, 4.69) is 25.8 Å². The molecule has 1 saturated carbocycles. The van der Waals surface area contributed by atoms with Crippen molar-refractivity contribution in [3.8, 4) is 5.75 Å². The number of hydrogen-bond donors (Lipinski definition) is 2. The van der Waals surface area contributed by atoms with Crippen LogP contribution in [0.3, 0.4) is 0 Å². The first-order valence-corrected chi connectivity index (χ1v) is 7.62. The van der Waals surface area contributed by atoms with E-state index in [1.54, 1.807) is 22.6 Å². The molecule has 9 heteroatoms.